The van der Waals surface area contributed by atoms with Gasteiger partial charge in [-0.3, -0.25) is 10.00 Å². The molecule has 2 amide bonds. The molecular weight excluding hydrogens is 228 g/mol. The monoisotopic (exact) mass is 244 g/mol. The summed E-state index contributed by atoms with van der Waals surface area (Å²) in [7, 11) is 3.55. The molecule has 1 aromatic heterocycles. The van der Waals surface area contributed by atoms with E-state index in [0.29, 0.717) is 12.4 Å². The lowest BCUT2D eigenvalue weighted by Crippen LogP contribution is -2.31. The summed E-state index contributed by atoms with van der Waals surface area (Å²) < 4.78 is 1.62. The number of aromatic nitrogens is 2. The Hall–Kier alpha value is -2.30. The molecule has 0 atom stereocenters. The number of hydrogen-bond donors (Lipinski definition) is 1. The summed E-state index contributed by atoms with van der Waals surface area (Å²) in [6.07, 6.45) is 1.65. The number of benzene rings is 1. The smallest absolute Gasteiger partial charge is 0.323 e. The molecule has 18 heavy (non-hydrogen) atoms. The number of rotatable bonds is 3. The Morgan fingerprint density at radius 3 is 2.67 bits per heavy atom. The molecule has 0 fully saturated rings. The maximum Gasteiger partial charge on any atom is 0.323 e. The van der Waals surface area contributed by atoms with Gasteiger partial charge in [0.15, 0.2) is 0 Å². The first-order valence-corrected chi connectivity index (χ1v) is 5.71. The SMILES string of the molecule is CN(Cc1ccccc1)C(=O)Nc1ccnn1C. The zero-order valence-corrected chi connectivity index (χ0v) is 10.5. The van der Waals surface area contributed by atoms with Gasteiger partial charge < -0.3 is 4.90 Å². The van der Waals surface area contributed by atoms with Crippen molar-refractivity contribution in [3.8, 4) is 0 Å². The van der Waals surface area contributed by atoms with E-state index < -0.39 is 0 Å². The summed E-state index contributed by atoms with van der Waals surface area (Å²) in [6.45, 7) is 0.574. The fraction of sp³-hybridized carbons (Fsp3) is 0.231. The van der Waals surface area contributed by atoms with Crippen LogP contribution in [0.15, 0.2) is 42.6 Å². The van der Waals surface area contributed by atoms with Crippen molar-refractivity contribution < 1.29 is 4.79 Å². The predicted octanol–water partition coefficient (Wildman–Crippen LogP) is 2.08. The van der Waals surface area contributed by atoms with Gasteiger partial charge in [0, 0.05) is 26.7 Å². The number of amides is 2. The lowest BCUT2D eigenvalue weighted by Gasteiger charge is -2.17. The molecule has 2 aromatic rings. The fourth-order valence-corrected chi connectivity index (χ4v) is 1.63. The van der Waals surface area contributed by atoms with Crippen molar-refractivity contribution in [3.63, 3.8) is 0 Å². The Bertz CT molecular complexity index is 521. The highest BCUT2D eigenvalue weighted by Gasteiger charge is 2.10. The molecule has 0 saturated heterocycles. The average Bonchev–Trinajstić information content (AvgIpc) is 2.76. The Kier molecular flexibility index (Phi) is 3.62. The molecule has 5 heteroatoms. The van der Waals surface area contributed by atoms with E-state index in [1.54, 1.807) is 35.9 Å². The van der Waals surface area contributed by atoms with Gasteiger partial charge in [0.2, 0.25) is 0 Å². The van der Waals surface area contributed by atoms with E-state index in [1.165, 1.54) is 0 Å². The molecular formula is C13H16N4O. The van der Waals surface area contributed by atoms with Crippen LogP contribution in [0.2, 0.25) is 0 Å². The molecule has 0 bridgehead atoms. The number of anilines is 1. The Morgan fingerprint density at radius 2 is 2.06 bits per heavy atom. The topological polar surface area (TPSA) is 50.2 Å². The third-order valence-corrected chi connectivity index (χ3v) is 2.67. The van der Waals surface area contributed by atoms with Gasteiger partial charge in [-0.1, -0.05) is 30.3 Å². The van der Waals surface area contributed by atoms with Crippen LogP contribution < -0.4 is 5.32 Å². The molecule has 0 aliphatic rings. The standard InChI is InChI=1S/C13H16N4O/c1-16(10-11-6-4-3-5-7-11)13(18)15-12-8-9-14-17(12)2/h3-9H,10H2,1-2H3,(H,15,18). The van der Waals surface area contributed by atoms with Gasteiger partial charge in [-0.2, -0.15) is 5.10 Å². The molecule has 0 saturated carbocycles. The lowest BCUT2D eigenvalue weighted by molar-refractivity contribution is 0.220. The summed E-state index contributed by atoms with van der Waals surface area (Å²) in [5.41, 5.74) is 1.10. The van der Waals surface area contributed by atoms with Crippen molar-refractivity contribution in [2.75, 3.05) is 12.4 Å². The average molecular weight is 244 g/mol. The number of nitrogens with one attached hydrogen (secondary N) is 1. The van der Waals surface area contributed by atoms with Gasteiger partial charge in [-0.05, 0) is 5.56 Å². The maximum absolute atomic E-state index is 11.9. The van der Waals surface area contributed by atoms with Gasteiger partial charge in [-0.15, -0.1) is 0 Å². The highest BCUT2D eigenvalue weighted by molar-refractivity contribution is 5.88. The Labute approximate surface area is 106 Å². The summed E-state index contributed by atoms with van der Waals surface area (Å²) in [5, 5.41) is 6.79. The Balaban J connectivity index is 1.95. The Morgan fingerprint density at radius 1 is 1.33 bits per heavy atom. The molecule has 5 nitrogen and oxygen atoms in total. The first-order chi connectivity index (χ1) is 8.66. The summed E-state index contributed by atoms with van der Waals surface area (Å²) in [5.74, 6) is 0.680. The molecule has 0 aliphatic carbocycles. The van der Waals surface area contributed by atoms with E-state index in [4.69, 9.17) is 0 Å². The van der Waals surface area contributed by atoms with Crippen LogP contribution in [0.4, 0.5) is 10.6 Å². The number of urea groups is 1. The zero-order valence-electron chi connectivity index (χ0n) is 10.5. The van der Waals surface area contributed by atoms with Crippen LogP contribution in [0.3, 0.4) is 0 Å². The number of aryl methyl sites for hydroxylation is 1. The predicted molar refractivity (Wildman–Crippen MR) is 70.1 cm³/mol. The van der Waals surface area contributed by atoms with E-state index in [2.05, 4.69) is 10.4 Å². The maximum atomic E-state index is 11.9. The number of carbonyl (C=O) groups is 1. The van der Waals surface area contributed by atoms with Crippen molar-refractivity contribution in [3.05, 3.63) is 48.2 Å². The largest absolute Gasteiger partial charge is 0.323 e. The quantitative estimate of drug-likeness (QED) is 0.898. The molecule has 0 unspecified atom stereocenters. The minimum absolute atomic E-state index is 0.151. The molecule has 1 aromatic carbocycles. The first kappa shape index (κ1) is 12.2. The van der Waals surface area contributed by atoms with E-state index in [9.17, 15) is 4.79 Å². The summed E-state index contributed by atoms with van der Waals surface area (Å²) in [6, 6.07) is 11.5. The fourth-order valence-electron chi connectivity index (χ4n) is 1.63. The van der Waals surface area contributed by atoms with Gasteiger partial charge in [0.05, 0.1) is 6.20 Å². The van der Waals surface area contributed by atoms with Crippen molar-refractivity contribution in [2.24, 2.45) is 7.05 Å². The molecule has 0 spiro atoms. The lowest BCUT2D eigenvalue weighted by atomic mass is 10.2. The van der Waals surface area contributed by atoms with E-state index in [0.717, 1.165) is 5.56 Å². The molecule has 1 N–H and O–H groups in total. The first-order valence-electron chi connectivity index (χ1n) is 5.71. The minimum Gasteiger partial charge on any atom is -0.323 e. The minimum atomic E-state index is -0.151. The highest BCUT2D eigenvalue weighted by Crippen LogP contribution is 2.07. The van der Waals surface area contributed by atoms with Crippen molar-refractivity contribution in [1.29, 1.82) is 0 Å². The molecule has 2 rings (SSSR count). The third kappa shape index (κ3) is 2.88. The molecule has 1 heterocycles. The number of nitrogens with zero attached hydrogens (tertiary/aromatic N) is 3. The molecule has 0 aliphatic heterocycles. The van der Waals surface area contributed by atoms with Crippen LogP contribution in [-0.2, 0) is 13.6 Å². The van der Waals surface area contributed by atoms with Gasteiger partial charge >= 0.3 is 6.03 Å². The van der Waals surface area contributed by atoms with Crippen LogP contribution in [0, 0.1) is 0 Å². The van der Waals surface area contributed by atoms with Gasteiger partial charge in [0.25, 0.3) is 0 Å². The summed E-state index contributed by atoms with van der Waals surface area (Å²) >= 11 is 0. The van der Waals surface area contributed by atoms with E-state index in [-0.39, 0.29) is 6.03 Å². The van der Waals surface area contributed by atoms with E-state index in [1.807, 2.05) is 30.3 Å². The van der Waals surface area contributed by atoms with Crippen LogP contribution in [0.25, 0.3) is 0 Å². The van der Waals surface area contributed by atoms with Crippen LogP contribution in [0.5, 0.6) is 0 Å². The second-order valence-electron chi connectivity index (χ2n) is 4.11. The van der Waals surface area contributed by atoms with Gasteiger partial charge in [0.1, 0.15) is 5.82 Å². The van der Waals surface area contributed by atoms with Crippen LogP contribution in [0.1, 0.15) is 5.56 Å². The normalized spacial score (nSPS) is 10.1. The van der Waals surface area contributed by atoms with Crippen LogP contribution >= 0.6 is 0 Å². The molecule has 0 radical (unpaired) electrons. The second kappa shape index (κ2) is 5.35. The zero-order chi connectivity index (χ0) is 13.0. The number of hydrogen-bond acceptors (Lipinski definition) is 2. The molecule has 94 valence electrons. The van der Waals surface area contributed by atoms with Crippen molar-refractivity contribution in [1.82, 2.24) is 14.7 Å². The highest BCUT2D eigenvalue weighted by atomic mass is 16.2. The van der Waals surface area contributed by atoms with Crippen molar-refractivity contribution >= 4 is 11.8 Å². The van der Waals surface area contributed by atoms with Gasteiger partial charge in [-0.25, -0.2) is 4.79 Å². The second-order valence-corrected chi connectivity index (χ2v) is 4.11. The van der Waals surface area contributed by atoms with E-state index >= 15 is 0 Å². The summed E-state index contributed by atoms with van der Waals surface area (Å²) in [4.78, 5) is 13.6. The van der Waals surface area contributed by atoms with Crippen molar-refractivity contribution in [2.45, 2.75) is 6.54 Å². The third-order valence-electron chi connectivity index (χ3n) is 2.67. The van der Waals surface area contributed by atoms with Crippen LogP contribution in [-0.4, -0.2) is 27.8 Å². The number of carbonyl (C=O) groups excluding carboxylic acids is 1.